The molecule has 1 aliphatic heterocycles. The summed E-state index contributed by atoms with van der Waals surface area (Å²) in [5.74, 6) is 0. The predicted molar refractivity (Wildman–Crippen MR) is 24.8 cm³/mol. The van der Waals surface area contributed by atoms with E-state index in [0.717, 1.165) is 0 Å². The molecular formula is C3H8BN. The lowest BCUT2D eigenvalue weighted by molar-refractivity contribution is 0.880. The second-order valence-electron chi connectivity index (χ2n) is 1.46. The zero-order valence-corrected chi connectivity index (χ0v) is 3.33. The van der Waals surface area contributed by atoms with Crippen LogP contribution < -0.4 is 5.32 Å². The van der Waals surface area contributed by atoms with Crippen LogP contribution in [0.15, 0.2) is 0 Å². The van der Waals surface area contributed by atoms with Crippen LogP contribution in [0.2, 0.25) is 6.32 Å². The van der Waals surface area contributed by atoms with E-state index in [1.54, 1.807) is 0 Å². The van der Waals surface area contributed by atoms with Crippen LogP contribution in [0.4, 0.5) is 0 Å². The summed E-state index contributed by atoms with van der Waals surface area (Å²) >= 11 is 0. The highest BCUT2D eigenvalue weighted by atomic mass is 14.8. The Balaban J connectivity index is 2.08. The van der Waals surface area contributed by atoms with Gasteiger partial charge in [-0.2, -0.15) is 0 Å². The summed E-state index contributed by atoms with van der Waals surface area (Å²) in [5, 5.41) is 3.22. The minimum atomic E-state index is 1.25. The number of hydrogen-bond donors (Lipinski definition) is 1. The minimum absolute atomic E-state index is 1.25. The summed E-state index contributed by atoms with van der Waals surface area (Å²) in [7, 11) is 1.39. The molecule has 0 aromatic heterocycles. The van der Waals surface area contributed by atoms with Gasteiger partial charge in [0.15, 0.2) is 0 Å². The maximum absolute atomic E-state index is 3.22. The van der Waals surface area contributed by atoms with Gasteiger partial charge in [0.1, 0.15) is 7.28 Å². The van der Waals surface area contributed by atoms with E-state index in [2.05, 4.69) is 5.32 Å². The lowest BCUT2D eigenvalue weighted by Gasteiger charge is -1.77. The molecule has 0 saturated carbocycles. The molecule has 1 heterocycles. The second kappa shape index (κ2) is 1.46. The molecule has 1 rings (SSSR count). The van der Waals surface area contributed by atoms with Gasteiger partial charge >= 0.3 is 0 Å². The van der Waals surface area contributed by atoms with Gasteiger partial charge in [0, 0.05) is 0 Å². The fourth-order valence-electron chi connectivity index (χ4n) is 0.625. The van der Waals surface area contributed by atoms with Gasteiger partial charge in [-0.1, -0.05) is 6.32 Å². The molecule has 0 unspecified atom stereocenters. The molecule has 0 aliphatic carbocycles. The van der Waals surface area contributed by atoms with E-state index in [1.165, 1.54) is 26.6 Å². The summed E-state index contributed by atoms with van der Waals surface area (Å²) in [6.45, 7) is 1.25. The van der Waals surface area contributed by atoms with E-state index in [0.29, 0.717) is 0 Å². The van der Waals surface area contributed by atoms with E-state index in [9.17, 15) is 0 Å². The minimum Gasteiger partial charge on any atom is -0.325 e. The second-order valence-corrected chi connectivity index (χ2v) is 1.46. The van der Waals surface area contributed by atoms with Crippen molar-refractivity contribution in [1.29, 1.82) is 0 Å². The van der Waals surface area contributed by atoms with Crippen molar-refractivity contribution in [3.63, 3.8) is 0 Å². The van der Waals surface area contributed by atoms with Crippen molar-refractivity contribution in [1.82, 2.24) is 5.32 Å². The molecule has 1 N–H and O–H groups in total. The third-order valence-electron chi connectivity index (χ3n) is 0.957. The first-order valence-corrected chi connectivity index (χ1v) is 2.21. The van der Waals surface area contributed by atoms with Crippen LogP contribution in [0, 0.1) is 0 Å². The van der Waals surface area contributed by atoms with Crippen molar-refractivity contribution in [3.8, 4) is 0 Å². The summed E-state index contributed by atoms with van der Waals surface area (Å²) in [6.07, 6.45) is 2.64. The number of hydrogen-bond acceptors (Lipinski definition) is 1. The van der Waals surface area contributed by atoms with Crippen molar-refractivity contribution < 1.29 is 0 Å². The quantitative estimate of drug-likeness (QED) is 0.374. The molecule has 0 radical (unpaired) electrons. The summed E-state index contributed by atoms with van der Waals surface area (Å²) in [6, 6.07) is 0. The molecule has 1 saturated heterocycles. The third kappa shape index (κ3) is 0.654. The number of nitrogens with one attached hydrogen (secondary N) is 1. The average Bonchev–Trinajstić information content (AvgIpc) is 1.76. The van der Waals surface area contributed by atoms with E-state index in [1.807, 2.05) is 0 Å². The van der Waals surface area contributed by atoms with Crippen LogP contribution in [0.5, 0.6) is 0 Å². The van der Waals surface area contributed by atoms with Gasteiger partial charge in [-0.15, -0.1) is 0 Å². The van der Waals surface area contributed by atoms with Crippen LogP contribution in [0.25, 0.3) is 0 Å². The van der Waals surface area contributed by atoms with Crippen molar-refractivity contribution in [2.45, 2.75) is 6.32 Å². The Kier molecular flexibility index (Phi) is 0.940. The van der Waals surface area contributed by atoms with Crippen molar-refractivity contribution in [2.75, 3.05) is 13.0 Å². The Hall–Kier alpha value is 0.0249. The zero-order valence-electron chi connectivity index (χ0n) is 3.33. The van der Waals surface area contributed by atoms with Gasteiger partial charge in [-0.05, 0) is 13.0 Å². The molecule has 0 amide bonds. The molecule has 0 aromatic carbocycles. The van der Waals surface area contributed by atoms with Crippen LogP contribution in [0.3, 0.4) is 0 Å². The first kappa shape index (κ1) is 3.22. The van der Waals surface area contributed by atoms with Gasteiger partial charge < -0.3 is 5.32 Å². The monoisotopic (exact) mass is 69.1 g/mol. The maximum Gasteiger partial charge on any atom is 0.139 e. The summed E-state index contributed by atoms with van der Waals surface area (Å²) in [4.78, 5) is 0. The van der Waals surface area contributed by atoms with Crippen molar-refractivity contribution in [3.05, 3.63) is 0 Å². The van der Waals surface area contributed by atoms with Crippen molar-refractivity contribution in [2.24, 2.45) is 0 Å². The van der Waals surface area contributed by atoms with E-state index in [4.69, 9.17) is 0 Å². The smallest absolute Gasteiger partial charge is 0.139 e. The standard InChI is InChI=1S/C3H8BN/c1-2-5-3-4-1/h4-5H,1-3H2. The Morgan fingerprint density at radius 2 is 2.60 bits per heavy atom. The fourth-order valence-corrected chi connectivity index (χ4v) is 0.625. The average molecular weight is 68.9 g/mol. The Bertz CT molecular complexity index is 18.5. The lowest BCUT2D eigenvalue weighted by atomic mass is 9.79. The largest absolute Gasteiger partial charge is 0.325 e. The fraction of sp³-hybridized carbons (Fsp3) is 1.00. The van der Waals surface area contributed by atoms with Crippen LogP contribution in [0.1, 0.15) is 0 Å². The maximum atomic E-state index is 3.22. The lowest BCUT2D eigenvalue weighted by Crippen LogP contribution is -2.05. The molecule has 28 valence electrons. The van der Waals surface area contributed by atoms with Gasteiger partial charge in [-0.25, -0.2) is 0 Å². The summed E-state index contributed by atoms with van der Waals surface area (Å²) < 4.78 is 0. The van der Waals surface area contributed by atoms with E-state index < -0.39 is 0 Å². The zero-order chi connectivity index (χ0) is 3.54. The highest BCUT2D eigenvalue weighted by Crippen LogP contribution is 1.79. The van der Waals surface area contributed by atoms with Gasteiger partial charge in [0.2, 0.25) is 0 Å². The normalized spacial score (nSPS) is 22.4. The molecule has 1 fully saturated rings. The Labute approximate surface area is 33.0 Å². The highest BCUT2D eigenvalue weighted by Gasteiger charge is 1.96. The molecule has 0 bridgehead atoms. The Morgan fingerprint density at radius 3 is 2.80 bits per heavy atom. The molecule has 2 heteroatoms. The summed E-state index contributed by atoms with van der Waals surface area (Å²) in [5.41, 5.74) is 0. The third-order valence-corrected chi connectivity index (χ3v) is 0.957. The van der Waals surface area contributed by atoms with Crippen LogP contribution in [-0.4, -0.2) is 20.3 Å². The molecule has 1 aliphatic rings. The van der Waals surface area contributed by atoms with Gasteiger partial charge in [-0.3, -0.25) is 0 Å². The topological polar surface area (TPSA) is 12.0 Å². The van der Waals surface area contributed by atoms with Crippen LogP contribution in [-0.2, 0) is 0 Å². The van der Waals surface area contributed by atoms with Gasteiger partial charge in [0.25, 0.3) is 0 Å². The molecule has 0 atom stereocenters. The molecular weight excluding hydrogens is 60.9 g/mol. The molecule has 0 aromatic rings. The number of rotatable bonds is 0. The van der Waals surface area contributed by atoms with Crippen LogP contribution >= 0.6 is 0 Å². The Morgan fingerprint density at radius 1 is 1.60 bits per heavy atom. The highest BCUT2D eigenvalue weighted by molar-refractivity contribution is 6.36. The van der Waals surface area contributed by atoms with E-state index >= 15 is 0 Å². The van der Waals surface area contributed by atoms with Gasteiger partial charge in [0.05, 0.1) is 0 Å². The molecule has 5 heavy (non-hydrogen) atoms. The van der Waals surface area contributed by atoms with Crippen molar-refractivity contribution >= 4 is 7.28 Å². The van der Waals surface area contributed by atoms with E-state index in [-0.39, 0.29) is 0 Å². The molecule has 0 spiro atoms. The first-order chi connectivity index (χ1) is 2.50. The predicted octanol–water partition coefficient (Wildman–Crippen LogP) is -0.598. The first-order valence-electron chi connectivity index (χ1n) is 2.21. The molecule has 1 nitrogen and oxygen atoms in total. The SMILES string of the molecule is B1CCNC1.